The quantitative estimate of drug-likeness (QED) is 0.753. The van der Waals surface area contributed by atoms with E-state index in [-0.39, 0.29) is 11.9 Å². The average Bonchev–Trinajstić information content (AvgIpc) is 2.68. The van der Waals surface area contributed by atoms with Crippen LogP contribution in [-0.2, 0) is 19.6 Å². The molecule has 144 valence electrons. The van der Waals surface area contributed by atoms with E-state index < -0.39 is 10.0 Å². The van der Waals surface area contributed by atoms with Gasteiger partial charge in [0, 0.05) is 38.6 Å². The smallest absolute Gasteiger partial charge is 0.243 e. The number of morpholine rings is 1. The third-order valence-electron chi connectivity index (χ3n) is 4.97. The van der Waals surface area contributed by atoms with Crippen molar-refractivity contribution in [1.29, 1.82) is 0 Å². The lowest BCUT2D eigenvalue weighted by atomic mass is 9.98. The lowest BCUT2D eigenvalue weighted by molar-refractivity contribution is -0.122. The zero-order valence-electron chi connectivity index (χ0n) is 14.9. The maximum atomic E-state index is 12.6. The van der Waals surface area contributed by atoms with Gasteiger partial charge in [0.15, 0.2) is 0 Å². The van der Waals surface area contributed by atoms with Gasteiger partial charge in [-0.3, -0.25) is 4.79 Å². The van der Waals surface area contributed by atoms with E-state index in [4.69, 9.17) is 4.74 Å². The molecule has 1 aromatic carbocycles. The van der Waals surface area contributed by atoms with Gasteiger partial charge in [0.05, 0.1) is 18.1 Å². The first kappa shape index (κ1) is 19.3. The lowest BCUT2D eigenvalue weighted by Crippen LogP contribution is -2.45. The number of nitrogens with zero attached hydrogens (tertiary/aromatic N) is 1. The first-order chi connectivity index (χ1) is 12.6. The molecule has 2 aliphatic heterocycles. The van der Waals surface area contributed by atoms with Gasteiger partial charge in [-0.2, -0.15) is 4.31 Å². The summed E-state index contributed by atoms with van der Waals surface area (Å²) in [6, 6.07) is 8.63. The molecule has 1 aromatic rings. The number of benzene rings is 1. The van der Waals surface area contributed by atoms with Crippen LogP contribution in [-0.4, -0.2) is 64.1 Å². The van der Waals surface area contributed by atoms with Crippen LogP contribution in [0.1, 0.15) is 19.3 Å². The number of hydrogen-bond acceptors (Lipinski definition) is 5. The Bertz CT molecular complexity index is 682. The molecule has 7 nitrogen and oxygen atoms in total. The minimum Gasteiger partial charge on any atom is -0.378 e. The standard InChI is InChI=1S/C18H27N3O4S/c22-18(12-16-14-25-11-8-19-16)20-13-15-6-9-21(10-7-15)26(23,24)17-4-2-1-3-5-17/h1-5,15-16,19H,6-14H2,(H,20,22). The van der Waals surface area contributed by atoms with Gasteiger partial charge < -0.3 is 15.4 Å². The normalized spacial score (nSPS) is 22.8. The third kappa shape index (κ3) is 5.03. The molecular weight excluding hydrogens is 354 g/mol. The molecule has 1 amide bonds. The largest absolute Gasteiger partial charge is 0.378 e. The Morgan fingerprint density at radius 3 is 2.62 bits per heavy atom. The fraction of sp³-hybridized carbons (Fsp3) is 0.611. The van der Waals surface area contributed by atoms with Crippen LogP contribution in [0.15, 0.2) is 35.2 Å². The molecule has 1 unspecified atom stereocenters. The van der Waals surface area contributed by atoms with Crippen molar-refractivity contribution in [2.24, 2.45) is 5.92 Å². The van der Waals surface area contributed by atoms with Crippen molar-refractivity contribution in [2.45, 2.75) is 30.2 Å². The van der Waals surface area contributed by atoms with Gasteiger partial charge >= 0.3 is 0 Å². The Morgan fingerprint density at radius 2 is 1.96 bits per heavy atom. The zero-order chi connectivity index (χ0) is 18.4. The van der Waals surface area contributed by atoms with E-state index in [0.717, 1.165) is 19.4 Å². The molecule has 0 bridgehead atoms. The van der Waals surface area contributed by atoms with Crippen LogP contribution in [0.3, 0.4) is 0 Å². The molecule has 2 saturated heterocycles. The first-order valence-corrected chi connectivity index (χ1v) is 10.6. The fourth-order valence-corrected chi connectivity index (χ4v) is 4.89. The van der Waals surface area contributed by atoms with E-state index in [1.54, 1.807) is 28.6 Å². The number of rotatable bonds is 6. The molecule has 0 spiro atoms. The summed E-state index contributed by atoms with van der Waals surface area (Å²) >= 11 is 0. The number of ether oxygens (including phenoxy) is 1. The highest BCUT2D eigenvalue weighted by Crippen LogP contribution is 2.23. The van der Waals surface area contributed by atoms with Crippen LogP contribution in [0.25, 0.3) is 0 Å². The molecule has 26 heavy (non-hydrogen) atoms. The summed E-state index contributed by atoms with van der Waals surface area (Å²) in [6.45, 7) is 3.65. The van der Waals surface area contributed by atoms with Crippen LogP contribution in [0, 0.1) is 5.92 Å². The second kappa shape index (κ2) is 8.94. The van der Waals surface area contributed by atoms with Gasteiger partial charge in [-0.1, -0.05) is 18.2 Å². The molecule has 8 heteroatoms. The summed E-state index contributed by atoms with van der Waals surface area (Å²) in [5.74, 6) is 0.337. The van der Waals surface area contributed by atoms with Gasteiger partial charge in [-0.15, -0.1) is 0 Å². The molecule has 2 fully saturated rings. The SMILES string of the molecule is O=C(CC1COCCN1)NCC1CCN(S(=O)(=O)c2ccccc2)CC1. The number of nitrogens with one attached hydrogen (secondary N) is 2. The first-order valence-electron chi connectivity index (χ1n) is 9.19. The van der Waals surface area contributed by atoms with Gasteiger partial charge in [-0.25, -0.2) is 8.42 Å². The van der Waals surface area contributed by atoms with Gasteiger partial charge in [0.25, 0.3) is 0 Å². The van der Waals surface area contributed by atoms with Crippen molar-refractivity contribution in [2.75, 3.05) is 39.4 Å². The molecule has 0 radical (unpaired) electrons. The zero-order valence-corrected chi connectivity index (χ0v) is 15.7. The highest BCUT2D eigenvalue weighted by Gasteiger charge is 2.29. The van der Waals surface area contributed by atoms with Gasteiger partial charge in [0.2, 0.25) is 15.9 Å². The minimum atomic E-state index is -3.41. The van der Waals surface area contributed by atoms with Crippen molar-refractivity contribution in [1.82, 2.24) is 14.9 Å². The molecule has 1 atom stereocenters. The van der Waals surface area contributed by atoms with Crippen molar-refractivity contribution in [3.05, 3.63) is 30.3 Å². The van der Waals surface area contributed by atoms with Crippen LogP contribution < -0.4 is 10.6 Å². The molecule has 0 aromatic heterocycles. The topological polar surface area (TPSA) is 87.7 Å². The third-order valence-corrected chi connectivity index (χ3v) is 6.89. The predicted molar refractivity (Wildman–Crippen MR) is 98.2 cm³/mol. The fourth-order valence-electron chi connectivity index (χ4n) is 3.40. The predicted octanol–water partition coefficient (Wildman–Crippen LogP) is 0.582. The summed E-state index contributed by atoms with van der Waals surface area (Å²) < 4.78 is 32.1. The molecular formula is C18H27N3O4S. The minimum absolute atomic E-state index is 0.0207. The van der Waals surface area contributed by atoms with Crippen LogP contribution >= 0.6 is 0 Å². The van der Waals surface area contributed by atoms with E-state index in [9.17, 15) is 13.2 Å². The number of sulfonamides is 1. The Labute approximate surface area is 155 Å². The summed E-state index contributed by atoms with van der Waals surface area (Å²) in [5.41, 5.74) is 0. The number of carbonyl (C=O) groups excluding carboxylic acids is 1. The van der Waals surface area contributed by atoms with E-state index in [1.165, 1.54) is 0 Å². The second-order valence-corrected chi connectivity index (χ2v) is 8.83. The van der Waals surface area contributed by atoms with E-state index in [2.05, 4.69) is 10.6 Å². The molecule has 2 heterocycles. The summed E-state index contributed by atoms with van der Waals surface area (Å²) in [5, 5.41) is 6.25. The molecule has 0 aliphatic carbocycles. The van der Waals surface area contributed by atoms with Crippen molar-refractivity contribution >= 4 is 15.9 Å². The highest BCUT2D eigenvalue weighted by molar-refractivity contribution is 7.89. The maximum Gasteiger partial charge on any atom is 0.243 e. The Morgan fingerprint density at radius 1 is 1.23 bits per heavy atom. The summed E-state index contributed by atoms with van der Waals surface area (Å²) in [6.07, 6.45) is 1.94. The summed E-state index contributed by atoms with van der Waals surface area (Å²) in [4.78, 5) is 12.4. The van der Waals surface area contributed by atoms with Gasteiger partial charge in [-0.05, 0) is 30.9 Å². The maximum absolute atomic E-state index is 12.6. The second-order valence-electron chi connectivity index (χ2n) is 6.89. The monoisotopic (exact) mass is 381 g/mol. The summed E-state index contributed by atoms with van der Waals surface area (Å²) in [7, 11) is -3.41. The van der Waals surface area contributed by atoms with Gasteiger partial charge in [0.1, 0.15) is 0 Å². The molecule has 0 saturated carbocycles. The average molecular weight is 381 g/mol. The molecule has 2 aliphatic rings. The Balaban J connectivity index is 1.42. The van der Waals surface area contributed by atoms with Crippen LogP contribution in [0.5, 0.6) is 0 Å². The number of piperidine rings is 1. The number of amides is 1. The Kier molecular flexibility index (Phi) is 6.63. The van der Waals surface area contributed by atoms with Crippen molar-refractivity contribution < 1.29 is 17.9 Å². The van der Waals surface area contributed by atoms with Crippen molar-refractivity contribution in [3.63, 3.8) is 0 Å². The lowest BCUT2D eigenvalue weighted by Gasteiger charge is -2.31. The van der Waals surface area contributed by atoms with Crippen LogP contribution in [0.4, 0.5) is 0 Å². The Hall–Kier alpha value is -1.48. The number of hydrogen-bond donors (Lipinski definition) is 2. The molecule has 2 N–H and O–H groups in total. The van der Waals surface area contributed by atoms with E-state index in [0.29, 0.717) is 50.1 Å². The highest BCUT2D eigenvalue weighted by atomic mass is 32.2. The molecule has 3 rings (SSSR count). The van der Waals surface area contributed by atoms with Crippen molar-refractivity contribution in [3.8, 4) is 0 Å². The van der Waals surface area contributed by atoms with Crippen LogP contribution in [0.2, 0.25) is 0 Å². The van der Waals surface area contributed by atoms with E-state index in [1.807, 2.05) is 6.07 Å². The van der Waals surface area contributed by atoms with E-state index >= 15 is 0 Å². The number of carbonyl (C=O) groups is 1.